The molecule has 1 aromatic heterocycles. The van der Waals surface area contributed by atoms with E-state index >= 15 is 0 Å². The number of hydrogen-bond donors (Lipinski definition) is 2. The molecule has 130 valence electrons. The van der Waals surface area contributed by atoms with E-state index in [2.05, 4.69) is 20.5 Å². The van der Waals surface area contributed by atoms with Gasteiger partial charge in [0.1, 0.15) is 6.33 Å². The van der Waals surface area contributed by atoms with Crippen LogP contribution in [0.5, 0.6) is 0 Å². The Morgan fingerprint density at radius 2 is 2.08 bits per heavy atom. The summed E-state index contributed by atoms with van der Waals surface area (Å²) >= 11 is 1.42. The van der Waals surface area contributed by atoms with Crippen LogP contribution in [0.2, 0.25) is 0 Å². The summed E-state index contributed by atoms with van der Waals surface area (Å²) in [5.41, 5.74) is 0. The number of H-pyrrole nitrogens is 1. The monoisotopic (exact) mass is 369 g/mol. The number of sulfonamides is 1. The second-order valence-electron chi connectivity index (χ2n) is 4.73. The van der Waals surface area contributed by atoms with Crippen LogP contribution in [-0.2, 0) is 14.8 Å². The maximum atomic E-state index is 12.5. The molecule has 0 saturated heterocycles. The van der Waals surface area contributed by atoms with Crippen LogP contribution in [0.1, 0.15) is 6.92 Å². The number of carbonyl (C=O) groups excluding carboxylic acids is 1. The highest BCUT2D eigenvalue weighted by Crippen LogP contribution is 2.14. The Bertz CT molecular complexity index is 735. The van der Waals surface area contributed by atoms with Crippen LogP contribution < -0.4 is 5.32 Å². The molecule has 0 bridgehead atoms. The van der Waals surface area contributed by atoms with Crippen LogP contribution in [-0.4, -0.2) is 59.2 Å². The van der Waals surface area contributed by atoms with Gasteiger partial charge in [0, 0.05) is 18.8 Å². The van der Waals surface area contributed by atoms with Gasteiger partial charge in [0.15, 0.2) is 5.16 Å². The maximum absolute atomic E-state index is 12.5. The standard InChI is InChI=1S/C14H19N5O3S2/c1-2-19(24(21,22)12-6-4-3-5-7-12)10-13(20)15-8-9-23-14-16-11-17-18-14/h3-7,11H,2,8-10H2,1H3,(H,15,20)(H,16,17,18). The number of hydrogen-bond acceptors (Lipinski definition) is 6. The molecule has 24 heavy (non-hydrogen) atoms. The Hall–Kier alpha value is -1.91. The third-order valence-corrected chi connectivity index (χ3v) is 5.92. The summed E-state index contributed by atoms with van der Waals surface area (Å²) < 4.78 is 26.2. The molecule has 1 heterocycles. The Balaban J connectivity index is 1.84. The van der Waals surface area contributed by atoms with E-state index in [9.17, 15) is 13.2 Å². The highest BCUT2D eigenvalue weighted by atomic mass is 32.2. The smallest absolute Gasteiger partial charge is 0.243 e. The van der Waals surface area contributed by atoms with Gasteiger partial charge in [0.25, 0.3) is 0 Å². The maximum Gasteiger partial charge on any atom is 0.243 e. The minimum atomic E-state index is -3.67. The first kappa shape index (κ1) is 18.4. The number of aromatic nitrogens is 3. The molecule has 0 radical (unpaired) electrons. The van der Waals surface area contributed by atoms with E-state index in [0.717, 1.165) is 4.31 Å². The van der Waals surface area contributed by atoms with Gasteiger partial charge in [-0.25, -0.2) is 13.4 Å². The van der Waals surface area contributed by atoms with Gasteiger partial charge in [0.2, 0.25) is 15.9 Å². The van der Waals surface area contributed by atoms with Gasteiger partial charge in [-0.1, -0.05) is 36.9 Å². The van der Waals surface area contributed by atoms with Gasteiger partial charge >= 0.3 is 0 Å². The van der Waals surface area contributed by atoms with Gasteiger partial charge in [-0.15, -0.1) is 0 Å². The summed E-state index contributed by atoms with van der Waals surface area (Å²) in [5, 5.41) is 9.81. The molecule has 2 N–H and O–H groups in total. The van der Waals surface area contributed by atoms with Crippen molar-refractivity contribution >= 4 is 27.7 Å². The first-order chi connectivity index (χ1) is 11.5. The zero-order valence-electron chi connectivity index (χ0n) is 13.2. The molecule has 1 aromatic carbocycles. The Kier molecular flexibility index (Phi) is 6.76. The summed E-state index contributed by atoms with van der Waals surface area (Å²) in [4.78, 5) is 16.1. The average Bonchev–Trinajstić information content (AvgIpc) is 3.10. The summed E-state index contributed by atoms with van der Waals surface area (Å²) in [5.74, 6) is 0.271. The van der Waals surface area contributed by atoms with E-state index in [0.29, 0.717) is 17.5 Å². The molecule has 0 atom stereocenters. The molecule has 0 spiro atoms. The zero-order chi connectivity index (χ0) is 17.4. The predicted molar refractivity (Wildman–Crippen MR) is 91.0 cm³/mol. The van der Waals surface area contributed by atoms with Gasteiger partial charge in [-0.2, -0.15) is 9.40 Å². The van der Waals surface area contributed by atoms with Crippen molar-refractivity contribution in [2.45, 2.75) is 17.0 Å². The summed E-state index contributed by atoms with van der Waals surface area (Å²) in [6.07, 6.45) is 1.41. The SMILES string of the molecule is CCN(CC(=O)NCCSc1ncn[nH]1)S(=O)(=O)c1ccccc1. The topological polar surface area (TPSA) is 108 Å². The zero-order valence-corrected chi connectivity index (χ0v) is 14.8. The minimum absolute atomic E-state index is 0.181. The largest absolute Gasteiger partial charge is 0.354 e. The van der Waals surface area contributed by atoms with Crippen LogP contribution >= 0.6 is 11.8 Å². The van der Waals surface area contributed by atoms with E-state index in [1.54, 1.807) is 25.1 Å². The molecule has 2 aromatic rings. The summed E-state index contributed by atoms with van der Waals surface area (Å²) in [7, 11) is -3.67. The van der Waals surface area contributed by atoms with E-state index < -0.39 is 10.0 Å². The summed E-state index contributed by atoms with van der Waals surface area (Å²) in [6, 6.07) is 8.09. The molecule has 0 saturated carbocycles. The lowest BCUT2D eigenvalue weighted by Crippen LogP contribution is -2.41. The van der Waals surface area contributed by atoms with Crippen molar-refractivity contribution in [3.8, 4) is 0 Å². The van der Waals surface area contributed by atoms with E-state index in [1.165, 1.54) is 30.2 Å². The quantitative estimate of drug-likeness (QED) is 0.498. The number of amides is 1. The molecule has 8 nitrogen and oxygen atoms in total. The molecule has 0 unspecified atom stereocenters. The molecule has 0 fully saturated rings. The molecular formula is C14H19N5O3S2. The summed E-state index contributed by atoms with van der Waals surface area (Å²) in [6.45, 7) is 2.12. The Morgan fingerprint density at radius 1 is 1.33 bits per heavy atom. The highest BCUT2D eigenvalue weighted by molar-refractivity contribution is 7.99. The average molecular weight is 369 g/mol. The van der Waals surface area contributed by atoms with Crippen molar-refractivity contribution in [1.82, 2.24) is 24.8 Å². The number of nitrogens with one attached hydrogen (secondary N) is 2. The van der Waals surface area contributed by atoms with Crippen molar-refractivity contribution in [1.29, 1.82) is 0 Å². The van der Waals surface area contributed by atoms with Gasteiger partial charge in [-0.05, 0) is 12.1 Å². The molecule has 0 aliphatic rings. The van der Waals surface area contributed by atoms with Crippen LogP contribution in [0.3, 0.4) is 0 Å². The van der Waals surface area contributed by atoms with Crippen molar-refractivity contribution < 1.29 is 13.2 Å². The minimum Gasteiger partial charge on any atom is -0.354 e. The van der Waals surface area contributed by atoms with Gasteiger partial charge in [-0.3, -0.25) is 9.89 Å². The fraction of sp³-hybridized carbons (Fsp3) is 0.357. The van der Waals surface area contributed by atoms with Crippen molar-refractivity contribution in [3.63, 3.8) is 0 Å². The number of nitrogens with zero attached hydrogens (tertiary/aromatic N) is 3. The lowest BCUT2D eigenvalue weighted by molar-refractivity contribution is -0.121. The van der Waals surface area contributed by atoms with Gasteiger partial charge < -0.3 is 5.32 Å². The lowest BCUT2D eigenvalue weighted by atomic mass is 10.4. The van der Waals surface area contributed by atoms with E-state index in [-0.39, 0.29) is 23.9 Å². The van der Waals surface area contributed by atoms with E-state index in [4.69, 9.17) is 0 Å². The fourth-order valence-corrected chi connectivity index (χ4v) is 3.99. The number of carbonyl (C=O) groups is 1. The lowest BCUT2D eigenvalue weighted by Gasteiger charge is -2.20. The molecule has 1 amide bonds. The number of likely N-dealkylation sites (N-methyl/N-ethyl adjacent to an activating group) is 1. The third-order valence-electron chi connectivity index (χ3n) is 3.11. The van der Waals surface area contributed by atoms with E-state index in [1.807, 2.05) is 0 Å². The van der Waals surface area contributed by atoms with Gasteiger partial charge in [0.05, 0.1) is 11.4 Å². The van der Waals surface area contributed by atoms with Crippen LogP contribution in [0.4, 0.5) is 0 Å². The Morgan fingerprint density at radius 3 is 2.71 bits per heavy atom. The molecule has 0 aliphatic heterocycles. The predicted octanol–water partition coefficient (Wildman–Crippen LogP) is 0.724. The van der Waals surface area contributed by atoms with Crippen LogP contribution in [0.25, 0.3) is 0 Å². The van der Waals surface area contributed by atoms with Crippen molar-refractivity contribution in [3.05, 3.63) is 36.7 Å². The van der Waals surface area contributed by atoms with Crippen molar-refractivity contribution in [2.75, 3.05) is 25.4 Å². The molecule has 2 rings (SSSR count). The van der Waals surface area contributed by atoms with Crippen molar-refractivity contribution in [2.24, 2.45) is 0 Å². The second-order valence-corrected chi connectivity index (χ2v) is 7.75. The highest BCUT2D eigenvalue weighted by Gasteiger charge is 2.24. The number of thioether (sulfide) groups is 1. The molecule has 10 heteroatoms. The normalized spacial score (nSPS) is 11.6. The third kappa shape index (κ3) is 5.05. The molecular weight excluding hydrogens is 350 g/mol. The van der Waals surface area contributed by atoms with Crippen LogP contribution in [0.15, 0.2) is 46.7 Å². The fourth-order valence-electron chi connectivity index (χ4n) is 1.93. The number of rotatable bonds is 9. The van der Waals surface area contributed by atoms with Crippen LogP contribution in [0, 0.1) is 0 Å². The number of aromatic amines is 1. The number of benzene rings is 1. The second kappa shape index (κ2) is 8.81. The molecule has 0 aliphatic carbocycles. The first-order valence-electron chi connectivity index (χ1n) is 7.34. The Labute approximate surface area is 145 Å². The first-order valence-corrected chi connectivity index (χ1v) is 9.76.